The van der Waals surface area contributed by atoms with Crippen LogP contribution < -0.4 is 0 Å². The van der Waals surface area contributed by atoms with Crippen LogP contribution in [-0.4, -0.2) is 0 Å². The van der Waals surface area contributed by atoms with Crippen LogP contribution in [0.2, 0.25) is 0 Å². The second-order valence-electron chi connectivity index (χ2n) is 5.73. The van der Waals surface area contributed by atoms with Gasteiger partial charge < -0.3 is 0 Å². The molecular weight excluding hydrogens is 216 g/mol. The minimum atomic E-state index is 0.603. The maximum Gasteiger partial charge on any atom is -0.0178 e. The van der Waals surface area contributed by atoms with Gasteiger partial charge in [0, 0.05) is 0 Å². The standard InChI is InChI=1S/C18H25/c1-3-12-18(13-4-2)14-10-17(11-15-18)16-8-6-5-7-9-16/h5-6,8-10H,3-4,11-15H2,1-2H3. The second-order valence-corrected chi connectivity index (χ2v) is 5.73. The van der Waals surface area contributed by atoms with Crippen LogP contribution in [0, 0.1) is 11.5 Å². The molecule has 0 heterocycles. The zero-order valence-corrected chi connectivity index (χ0v) is 11.8. The summed E-state index contributed by atoms with van der Waals surface area (Å²) in [7, 11) is 0. The summed E-state index contributed by atoms with van der Waals surface area (Å²) in [6.07, 6.45) is 11.8. The molecule has 18 heavy (non-hydrogen) atoms. The second kappa shape index (κ2) is 6.22. The molecule has 1 radical (unpaired) electrons. The van der Waals surface area contributed by atoms with Crippen LogP contribution in [-0.2, 0) is 0 Å². The molecule has 0 saturated heterocycles. The fourth-order valence-electron chi connectivity index (χ4n) is 3.44. The molecule has 0 bridgehead atoms. The van der Waals surface area contributed by atoms with Crippen LogP contribution in [0.25, 0.3) is 5.57 Å². The van der Waals surface area contributed by atoms with E-state index in [2.05, 4.69) is 44.2 Å². The molecule has 1 aromatic carbocycles. The normalized spacial score (nSPS) is 18.4. The topological polar surface area (TPSA) is 0 Å². The molecule has 1 aromatic rings. The third-order valence-electron chi connectivity index (χ3n) is 4.34. The van der Waals surface area contributed by atoms with Gasteiger partial charge in [0.25, 0.3) is 0 Å². The van der Waals surface area contributed by atoms with Gasteiger partial charge in [-0.25, -0.2) is 0 Å². The number of rotatable bonds is 5. The molecule has 0 heteroatoms. The molecule has 0 unspecified atom stereocenters. The van der Waals surface area contributed by atoms with Crippen molar-refractivity contribution in [2.75, 3.05) is 0 Å². The quantitative estimate of drug-likeness (QED) is 0.625. The van der Waals surface area contributed by atoms with E-state index < -0.39 is 0 Å². The molecule has 0 fully saturated rings. The van der Waals surface area contributed by atoms with Crippen molar-refractivity contribution in [2.24, 2.45) is 5.41 Å². The van der Waals surface area contributed by atoms with Gasteiger partial charge in [0.05, 0.1) is 0 Å². The molecule has 0 nitrogen and oxygen atoms in total. The Hall–Kier alpha value is -1.04. The first kappa shape index (κ1) is 13.4. The maximum absolute atomic E-state index is 3.19. The maximum atomic E-state index is 3.19. The van der Waals surface area contributed by atoms with Crippen molar-refractivity contribution >= 4 is 5.57 Å². The van der Waals surface area contributed by atoms with E-state index in [0.29, 0.717) is 5.41 Å². The van der Waals surface area contributed by atoms with E-state index in [0.717, 1.165) is 0 Å². The van der Waals surface area contributed by atoms with Crippen LogP contribution in [0.1, 0.15) is 64.4 Å². The lowest BCUT2D eigenvalue weighted by molar-refractivity contribution is 0.213. The van der Waals surface area contributed by atoms with Crippen LogP contribution in [0.5, 0.6) is 0 Å². The Labute approximate surface area is 112 Å². The Bertz CT molecular complexity index is 380. The van der Waals surface area contributed by atoms with Crippen LogP contribution in [0.3, 0.4) is 0 Å². The van der Waals surface area contributed by atoms with E-state index >= 15 is 0 Å². The number of hydrogen-bond acceptors (Lipinski definition) is 0. The predicted octanol–water partition coefficient (Wildman–Crippen LogP) is 5.64. The van der Waals surface area contributed by atoms with Crippen molar-refractivity contribution < 1.29 is 0 Å². The molecule has 97 valence electrons. The van der Waals surface area contributed by atoms with Crippen molar-refractivity contribution in [1.82, 2.24) is 0 Å². The summed E-state index contributed by atoms with van der Waals surface area (Å²) in [5, 5.41) is 0. The zero-order chi connectivity index (χ0) is 12.8. The molecular formula is C18H25. The average molecular weight is 241 g/mol. The highest BCUT2D eigenvalue weighted by atomic mass is 14.3. The van der Waals surface area contributed by atoms with E-state index in [1.807, 2.05) is 6.07 Å². The summed E-state index contributed by atoms with van der Waals surface area (Å²) in [6.45, 7) is 4.64. The fourth-order valence-corrected chi connectivity index (χ4v) is 3.44. The minimum absolute atomic E-state index is 0.603. The molecule has 0 amide bonds. The van der Waals surface area contributed by atoms with E-state index in [9.17, 15) is 0 Å². The lowest BCUT2D eigenvalue weighted by Gasteiger charge is -2.36. The summed E-state index contributed by atoms with van der Waals surface area (Å²) in [6, 6.07) is 11.6. The van der Waals surface area contributed by atoms with Crippen molar-refractivity contribution in [3.8, 4) is 0 Å². The summed E-state index contributed by atoms with van der Waals surface area (Å²) >= 11 is 0. The van der Waals surface area contributed by atoms with Gasteiger partial charge >= 0.3 is 0 Å². The molecule has 0 spiro atoms. The Morgan fingerprint density at radius 1 is 1.22 bits per heavy atom. The van der Waals surface area contributed by atoms with Gasteiger partial charge in [-0.15, -0.1) is 0 Å². The van der Waals surface area contributed by atoms with E-state index in [-0.39, 0.29) is 0 Å². The monoisotopic (exact) mass is 241 g/mol. The molecule has 0 aromatic heterocycles. The first-order chi connectivity index (χ1) is 8.79. The van der Waals surface area contributed by atoms with Crippen LogP contribution >= 0.6 is 0 Å². The van der Waals surface area contributed by atoms with Gasteiger partial charge in [-0.05, 0) is 60.8 Å². The van der Waals surface area contributed by atoms with Crippen molar-refractivity contribution in [3.05, 3.63) is 42.0 Å². The van der Waals surface area contributed by atoms with Gasteiger partial charge in [0.15, 0.2) is 0 Å². The number of allylic oxidation sites excluding steroid dienone is 2. The first-order valence-electron chi connectivity index (χ1n) is 7.45. The van der Waals surface area contributed by atoms with Gasteiger partial charge in [-0.3, -0.25) is 0 Å². The zero-order valence-electron chi connectivity index (χ0n) is 11.8. The van der Waals surface area contributed by atoms with E-state index in [1.54, 1.807) is 0 Å². The van der Waals surface area contributed by atoms with Crippen molar-refractivity contribution in [2.45, 2.75) is 58.8 Å². The first-order valence-corrected chi connectivity index (χ1v) is 7.45. The highest BCUT2D eigenvalue weighted by molar-refractivity contribution is 5.66. The Morgan fingerprint density at radius 2 is 2.00 bits per heavy atom. The highest BCUT2D eigenvalue weighted by Crippen LogP contribution is 2.45. The number of hydrogen-bond donors (Lipinski definition) is 0. The van der Waals surface area contributed by atoms with Crippen LogP contribution in [0.4, 0.5) is 0 Å². The smallest absolute Gasteiger partial charge is 0.0178 e. The third kappa shape index (κ3) is 3.04. The Kier molecular flexibility index (Phi) is 4.63. The largest absolute Gasteiger partial charge is 0.0802 e. The lowest BCUT2D eigenvalue weighted by Crippen LogP contribution is -2.22. The summed E-state index contributed by atoms with van der Waals surface area (Å²) in [5.41, 5.74) is 3.51. The fraction of sp³-hybridized carbons (Fsp3) is 0.556. The van der Waals surface area contributed by atoms with Crippen LogP contribution in [0.15, 0.2) is 30.3 Å². The molecule has 0 atom stereocenters. The van der Waals surface area contributed by atoms with Gasteiger partial charge in [0.1, 0.15) is 0 Å². The number of benzene rings is 1. The highest BCUT2D eigenvalue weighted by Gasteiger charge is 2.30. The molecule has 1 aliphatic rings. The summed E-state index contributed by atoms with van der Waals surface area (Å²) in [5.74, 6) is 0. The van der Waals surface area contributed by atoms with E-state index in [4.69, 9.17) is 0 Å². The molecule has 0 aliphatic heterocycles. The molecule has 0 N–H and O–H groups in total. The van der Waals surface area contributed by atoms with Gasteiger partial charge in [-0.2, -0.15) is 0 Å². The molecule has 0 saturated carbocycles. The minimum Gasteiger partial charge on any atom is -0.0802 e. The van der Waals surface area contributed by atoms with E-state index in [1.165, 1.54) is 56.1 Å². The van der Waals surface area contributed by atoms with Crippen molar-refractivity contribution in [1.29, 1.82) is 0 Å². The average Bonchev–Trinajstić information content (AvgIpc) is 2.41. The SMILES string of the molecule is CCCC1(CCC)CC=C(c2c[c]ccc2)CC1. The third-order valence-corrected chi connectivity index (χ3v) is 4.34. The Morgan fingerprint density at radius 3 is 2.50 bits per heavy atom. The Balaban J connectivity index is 2.10. The summed E-state index contributed by atoms with van der Waals surface area (Å²) in [4.78, 5) is 0. The lowest BCUT2D eigenvalue weighted by atomic mass is 9.69. The van der Waals surface area contributed by atoms with Gasteiger partial charge in [0.2, 0.25) is 0 Å². The molecule has 2 rings (SSSR count). The molecule has 1 aliphatic carbocycles. The van der Waals surface area contributed by atoms with Gasteiger partial charge in [-0.1, -0.05) is 51.0 Å². The predicted molar refractivity (Wildman–Crippen MR) is 79.4 cm³/mol. The summed E-state index contributed by atoms with van der Waals surface area (Å²) < 4.78 is 0. The van der Waals surface area contributed by atoms with Crippen molar-refractivity contribution in [3.63, 3.8) is 0 Å².